The Morgan fingerprint density at radius 2 is 2.03 bits per heavy atom. The van der Waals surface area contributed by atoms with E-state index in [9.17, 15) is 9.18 Å². The van der Waals surface area contributed by atoms with Crippen LogP contribution in [0.1, 0.15) is 25.6 Å². The van der Waals surface area contributed by atoms with Gasteiger partial charge < -0.3 is 9.64 Å². The van der Waals surface area contributed by atoms with Gasteiger partial charge in [-0.3, -0.25) is 9.36 Å². The van der Waals surface area contributed by atoms with Gasteiger partial charge in [0.05, 0.1) is 28.8 Å². The number of aromatic nitrogens is 3. The van der Waals surface area contributed by atoms with Crippen LogP contribution >= 0.6 is 11.6 Å². The second-order valence-corrected chi connectivity index (χ2v) is 9.16. The third-order valence-corrected chi connectivity index (χ3v) is 6.76. The number of aryl methyl sites for hydroxylation is 1. The first-order chi connectivity index (χ1) is 14.8. The lowest BCUT2D eigenvalue weighted by atomic mass is 9.97. The maximum Gasteiger partial charge on any atom is 0.263 e. The Kier molecular flexibility index (Phi) is 4.79. The number of morpholine rings is 1. The van der Waals surface area contributed by atoms with Crippen LogP contribution in [0, 0.1) is 18.7 Å². The molecule has 0 bridgehead atoms. The van der Waals surface area contributed by atoms with Gasteiger partial charge >= 0.3 is 0 Å². The summed E-state index contributed by atoms with van der Waals surface area (Å²) in [4.78, 5) is 24.7. The molecule has 2 aliphatic rings. The molecule has 3 aromatic rings. The summed E-state index contributed by atoms with van der Waals surface area (Å²) >= 11 is 5.96. The van der Waals surface area contributed by atoms with Crippen molar-refractivity contribution >= 4 is 28.3 Å². The summed E-state index contributed by atoms with van der Waals surface area (Å²) in [6, 6.07) is 6.24. The van der Waals surface area contributed by atoms with Gasteiger partial charge in [0.25, 0.3) is 5.56 Å². The van der Waals surface area contributed by atoms with Crippen LogP contribution in [0.3, 0.4) is 0 Å². The quantitative estimate of drug-likeness (QED) is 0.611. The number of fused-ring (bicyclic) bond motifs is 1. The van der Waals surface area contributed by atoms with E-state index >= 15 is 0 Å². The Hall–Kier alpha value is -2.51. The molecule has 5 rings (SSSR count). The predicted molar refractivity (Wildman–Crippen MR) is 119 cm³/mol. The number of halogens is 2. The van der Waals surface area contributed by atoms with Crippen LogP contribution in [0.15, 0.2) is 29.1 Å². The molecule has 1 aliphatic heterocycles. The molecule has 6 nitrogen and oxygen atoms in total. The fourth-order valence-corrected chi connectivity index (χ4v) is 4.61. The van der Waals surface area contributed by atoms with Crippen LogP contribution in [0.2, 0.25) is 5.02 Å². The number of hydrogen-bond acceptors (Lipinski definition) is 5. The van der Waals surface area contributed by atoms with Gasteiger partial charge in [0.2, 0.25) is 0 Å². The number of pyridine rings is 1. The van der Waals surface area contributed by atoms with Crippen molar-refractivity contribution < 1.29 is 9.13 Å². The molecule has 31 heavy (non-hydrogen) atoms. The van der Waals surface area contributed by atoms with Gasteiger partial charge in [-0.2, -0.15) is 0 Å². The first-order valence-corrected chi connectivity index (χ1v) is 10.9. The minimum Gasteiger partial charge on any atom is -0.371 e. The van der Waals surface area contributed by atoms with Crippen LogP contribution < -0.4 is 10.5 Å². The van der Waals surface area contributed by atoms with E-state index in [1.54, 1.807) is 26.1 Å². The summed E-state index contributed by atoms with van der Waals surface area (Å²) < 4.78 is 22.5. The zero-order chi connectivity index (χ0) is 21.9. The summed E-state index contributed by atoms with van der Waals surface area (Å²) in [5, 5.41) is 0.591. The molecular weight excluding hydrogens is 419 g/mol. The normalized spacial score (nSPS) is 21.6. The fraction of sp³-hybridized carbons (Fsp3) is 0.435. The summed E-state index contributed by atoms with van der Waals surface area (Å²) in [5.41, 5.74) is 0.549. The largest absolute Gasteiger partial charge is 0.371 e. The van der Waals surface area contributed by atoms with Crippen molar-refractivity contribution in [1.82, 2.24) is 14.5 Å². The minimum atomic E-state index is -0.522. The molecule has 162 valence electrons. The Balaban J connectivity index is 1.72. The maximum atomic E-state index is 14.9. The highest BCUT2D eigenvalue weighted by molar-refractivity contribution is 6.30. The molecule has 1 aliphatic carbocycles. The number of benzene rings is 1. The SMILES string of the molecule is Cc1nc2cc(N3CCO[C@@](C)(C4CC4)C3)nc(-c3ccc(Cl)cc3F)c2c(=O)n1C. The third-order valence-electron chi connectivity index (χ3n) is 6.52. The topological polar surface area (TPSA) is 60.2 Å². The van der Waals surface area contributed by atoms with Crippen molar-refractivity contribution in [2.75, 3.05) is 24.6 Å². The molecule has 8 heteroatoms. The van der Waals surface area contributed by atoms with E-state index in [0.717, 1.165) is 0 Å². The van der Waals surface area contributed by atoms with Gasteiger partial charge in [0, 0.05) is 36.8 Å². The van der Waals surface area contributed by atoms with Crippen molar-refractivity contribution in [2.45, 2.75) is 32.3 Å². The van der Waals surface area contributed by atoms with Crippen LogP contribution in [0.5, 0.6) is 0 Å². The van der Waals surface area contributed by atoms with Crippen molar-refractivity contribution in [1.29, 1.82) is 0 Å². The standard InChI is InChI=1S/C23H24ClFN4O2/c1-13-26-18-11-19(29-8-9-31-23(2,12-29)14-4-5-14)27-21(20(18)22(30)28(13)3)16-7-6-15(24)10-17(16)25/h6-7,10-11,14H,4-5,8-9,12H2,1-3H3/t23-/m1/s1. The van der Waals surface area contributed by atoms with Crippen molar-refractivity contribution in [3.05, 3.63) is 51.3 Å². The van der Waals surface area contributed by atoms with Gasteiger partial charge in [0.1, 0.15) is 17.5 Å². The lowest BCUT2D eigenvalue weighted by molar-refractivity contribution is -0.0577. The Morgan fingerprint density at radius 1 is 1.26 bits per heavy atom. The third kappa shape index (κ3) is 3.49. The fourth-order valence-electron chi connectivity index (χ4n) is 4.45. The lowest BCUT2D eigenvalue weighted by Gasteiger charge is -2.41. The average molecular weight is 443 g/mol. The van der Waals surface area contributed by atoms with Crippen LogP contribution in [0.4, 0.5) is 10.2 Å². The van der Waals surface area contributed by atoms with Gasteiger partial charge in [-0.25, -0.2) is 14.4 Å². The molecule has 0 spiro atoms. The number of nitrogens with zero attached hydrogens (tertiary/aromatic N) is 4. The van der Waals surface area contributed by atoms with Gasteiger partial charge in [0.15, 0.2) is 0 Å². The number of ether oxygens (including phenoxy) is 1. The van der Waals surface area contributed by atoms with Crippen LogP contribution in [-0.2, 0) is 11.8 Å². The average Bonchev–Trinajstić information content (AvgIpc) is 3.57. The molecular formula is C23H24ClFN4O2. The Labute approximate surface area is 184 Å². The molecule has 2 aromatic heterocycles. The molecule has 2 fully saturated rings. The monoisotopic (exact) mass is 442 g/mol. The van der Waals surface area contributed by atoms with E-state index in [1.165, 1.54) is 23.5 Å². The zero-order valence-electron chi connectivity index (χ0n) is 17.8. The second-order valence-electron chi connectivity index (χ2n) is 8.73. The van der Waals surface area contributed by atoms with Crippen molar-refractivity contribution in [2.24, 2.45) is 13.0 Å². The second kappa shape index (κ2) is 7.28. The summed E-state index contributed by atoms with van der Waals surface area (Å²) in [6.07, 6.45) is 2.35. The van der Waals surface area contributed by atoms with Crippen molar-refractivity contribution in [3.63, 3.8) is 0 Å². The molecule has 0 unspecified atom stereocenters. The number of rotatable bonds is 3. The molecule has 3 heterocycles. The molecule has 0 amide bonds. The molecule has 1 atom stereocenters. The summed E-state index contributed by atoms with van der Waals surface area (Å²) in [7, 11) is 1.66. The Bertz CT molecular complexity index is 1260. The van der Waals surface area contributed by atoms with Crippen molar-refractivity contribution in [3.8, 4) is 11.3 Å². The first-order valence-electron chi connectivity index (χ1n) is 10.5. The van der Waals surface area contributed by atoms with Crippen LogP contribution in [-0.4, -0.2) is 39.8 Å². The predicted octanol–water partition coefficient (Wildman–Crippen LogP) is 4.10. The zero-order valence-corrected chi connectivity index (χ0v) is 18.5. The van der Waals surface area contributed by atoms with E-state index in [0.29, 0.717) is 48.2 Å². The number of anilines is 1. The highest BCUT2D eigenvalue weighted by Gasteiger charge is 2.45. The van der Waals surface area contributed by atoms with Gasteiger partial charge in [-0.05, 0) is 50.8 Å². The Morgan fingerprint density at radius 3 is 2.74 bits per heavy atom. The molecule has 1 saturated heterocycles. The summed E-state index contributed by atoms with van der Waals surface area (Å²) in [5.74, 6) is 1.29. The highest BCUT2D eigenvalue weighted by Crippen LogP contribution is 2.44. The smallest absolute Gasteiger partial charge is 0.263 e. The molecule has 0 radical (unpaired) electrons. The van der Waals surface area contributed by atoms with E-state index in [2.05, 4.69) is 16.8 Å². The van der Waals surface area contributed by atoms with Crippen LogP contribution in [0.25, 0.3) is 22.2 Å². The van der Waals surface area contributed by atoms with Gasteiger partial charge in [-0.15, -0.1) is 0 Å². The van der Waals surface area contributed by atoms with E-state index in [4.69, 9.17) is 21.3 Å². The molecule has 1 aromatic carbocycles. The summed E-state index contributed by atoms with van der Waals surface area (Å²) in [6.45, 7) is 5.90. The minimum absolute atomic E-state index is 0.225. The number of hydrogen-bond donors (Lipinski definition) is 0. The maximum absolute atomic E-state index is 14.9. The molecule has 0 N–H and O–H groups in total. The van der Waals surface area contributed by atoms with E-state index in [1.807, 2.05) is 6.07 Å². The molecule has 1 saturated carbocycles. The highest BCUT2D eigenvalue weighted by atomic mass is 35.5. The van der Waals surface area contributed by atoms with Gasteiger partial charge in [-0.1, -0.05) is 11.6 Å². The van der Waals surface area contributed by atoms with E-state index < -0.39 is 5.82 Å². The van der Waals surface area contributed by atoms with E-state index in [-0.39, 0.29) is 27.4 Å². The lowest BCUT2D eigenvalue weighted by Crippen LogP contribution is -2.51. The first kappa shape index (κ1) is 20.4.